The van der Waals surface area contributed by atoms with E-state index in [1.807, 2.05) is 0 Å². The van der Waals surface area contributed by atoms with Crippen molar-refractivity contribution in [3.05, 3.63) is 0 Å². The molecule has 0 aliphatic rings. The van der Waals surface area contributed by atoms with Gasteiger partial charge in [0.15, 0.2) is 0 Å². The molecule has 0 fully saturated rings. The lowest BCUT2D eigenvalue weighted by atomic mass is 10.1. The van der Waals surface area contributed by atoms with Crippen LogP contribution in [0.4, 0.5) is 0 Å². The maximum Gasteiger partial charge on any atom is 0.236 e. The fourth-order valence-corrected chi connectivity index (χ4v) is 1.17. The second-order valence-electron chi connectivity index (χ2n) is 4.22. The van der Waals surface area contributed by atoms with Crippen molar-refractivity contribution in [3.63, 3.8) is 0 Å². The van der Waals surface area contributed by atoms with Gasteiger partial charge in [0.1, 0.15) is 0 Å². The summed E-state index contributed by atoms with van der Waals surface area (Å²) in [5, 5.41) is 2.86. The summed E-state index contributed by atoms with van der Waals surface area (Å²) in [6.07, 6.45) is 3.93. The maximum atomic E-state index is 11.4. The monoisotopic (exact) mass is 200 g/mol. The average molecular weight is 200 g/mol. The Balaban J connectivity index is 3.52. The van der Waals surface area contributed by atoms with Gasteiger partial charge in [0.05, 0.1) is 6.04 Å². The predicted octanol–water partition coefficient (Wildman–Crippen LogP) is 1.67. The molecule has 0 spiro atoms. The van der Waals surface area contributed by atoms with Gasteiger partial charge in [-0.05, 0) is 18.8 Å². The van der Waals surface area contributed by atoms with Gasteiger partial charge in [-0.3, -0.25) is 4.79 Å². The summed E-state index contributed by atoms with van der Waals surface area (Å²) in [7, 11) is 0. The lowest BCUT2D eigenvalue weighted by molar-refractivity contribution is -0.122. The predicted molar refractivity (Wildman–Crippen MR) is 60.0 cm³/mol. The van der Waals surface area contributed by atoms with Gasteiger partial charge in [0.25, 0.3) is 0 Å². The average Bonchev–Trinajstić information content (AvgIpc) is 2.13. The Morgan fingerprint density at radius 3 is 2.50 bits per heavy atom. The summed E-state index contributed by atoms with van der Waals surface area (Å²) in [6.45, 7) is 7.13. The van der Waals surface area contributed by atoms with Gasteiger partial charge in [-0.25, -0.2) is 0 Å². The Bertz CT molecular complexity index is 157. The van der Waals surface area contributed by atoms with Crippen LogP contribution in [0.2, 0.25) is 0 Å². The number of nitrogens with one attached hydrogen (secondary N) is 1. The van der Waals surface area contributed by atoms with Crippen LogP contribution in [-0.2, 0) is 4.79 Å². The summed E-state index contributed by atoms with van der Waals surface area (Å²) in [4.78, 5) is 11.4. The van der Waals surface area contributed by atoms with Crippen LogP contribution in [0.1, 0.15) is 46.5 Å². The second-order valence-corrected chi connectivity index (χ2v) is 4.22. The van der Waals surface area contributed by atoms with Gasteiger partial charge in [-0.1, -0.05) is 33.6 Å². The zero-order valence-corrected chi connectivity index (χ0v) is 9.68. The van der Waals surface area contributed by atoms with Gasteiger partial charge < -0.3 is 11.1 Å². The molecule has 0 bridgehead atoms. The van der Waals surface area contributed by atoms with Crippen LogP contribution in [0.15, 0.2) is 0 Å². The molecule has 1 amide bonds. The Morgan fingerprint density at radius 2 is 2.00 bits per heavy atom. The molecule has 3 N–H and O–H groups in total. The molecule has 3 nitrogen and oxygen atoms in total. The molecule has 84 valence electrons. The molecule has 0 aromatic carbocycles. The molecule has 14 heavy (non-hydrogen) atoms. The second kappa shape index (κ2) is 7.80. The SMILES string of the molecule is CCCCC(N)C(=O)NCCC(C)C. The van der Waals surface area contributed by atoms with Gasteiger partial charge >= 0.3 is 0 Å². The number of carbonyl (C=O) groups is 1. The van der Waals surface area contributed by atoms with E-state index in [9.17, 15) is 4.79 Å². The Morgan fingerprint density at radius 1 is 1.36 bits per heavy atom. The molecular weight excluding hydrogens is 176 g/mol. The topological polar surface area (TPSA) is 55.1 Å². The lowest BCUT2D eigenvalue weighted by Crippen LogP contribution is -2.41. The van der Waals surface area contributed by atoms with Crippen molar-refractivity contribution >= 4 is 5.91 Å². The number of hydrogen-bond donors (Lipinski definition) is 2. The zero-order valence-electron chi connectivity index (χ0n) is 9.68. The van der Waals surface area contributed by atoms with Crippen molar-refractivity contribution in [2.45, 2.75) is 52.5 Å². The summed E-state index contributed by atoms with van der Waals surface area (Å²) in [6, 6.07) is -0.317. The standard InChI is InChI=1S/C11H24N2O/c1-4-5-6-10(12)11(14)13-8-7-9(2)3/h9-10H,4-8,12H2,1-3H3,(H,13,14). The first-order valence-corrected chi connectivity index (χ1v) is 5.61. The number of carbonyl (C=O) groups excluding carboxylic acids is 1. The van der Waals surface area contributed by atoms with E-state index in [1.165, 1.54) is 0 Å². The van der Waals surface area contributed by atoms with E-state index < -0.39 is 0 Å². The van der Waals surface area contributed by atoms with Crippen molar-refractivity contribution in [1.82, 2.24) is 5.32 Å². The highest BCUT2D eigenvalue weighted by molar-refractivity contribution is 5.81. The Hall–Kier alpha value is -0.570. The number of hydrogen-bond acceptors (Lipinski definition) is 2. The maximum absolute atomic E-state index is 11.4. The van der Waals surface area contributed by atoms with Crippen LogP contribution in [0, 0.1) is 5.92 Å². The largest absolute Gasteiger partial charge is 0.355 e. The number of rotatable bonds is 7. The van der Waals surface area contributed by atoms with E-state index in [2.05, 4.69) is 26.1 Å². The molecule has 0 radical (unpaired) electrons. The highest BCUT2D eigenvalue weighted by Gasteiger charge is 2.11. The van der Waals surface area contributed by atoms with Gasteiger partial charge in [0, 0.05) is 6.54 Å². The van der Waals surface area contributed by atoms with E-state index in [0.717, 1.165) is 32.2 Å². The van der Waals surface area contributed by atoms with Crippen LogP contribution < -0.4 is 11.1 Å². The van der Waals surface area contributed by atoms with Gasteiger partial charge in [-0.15, -0.1) is 0 Å². The fourth-order valence-electron chi connectivity index (χ4n) is 1.17. The van der Waals surface area contributed by atoms with E-state index in [0.29, 0.717) is 5.92 Å². The Labute approximate surface area is 87.4 Å². The number of amides is 1. The third-order valence-corrected chi connectivity index (χ3v) is 2.23. The molecule has 1 atom stereocenters. The van der Waals surface area contributed by atoms with Gasteiger partial charge in [0.2, 0.25) is 5.91 Å². The molecule has 0 saturated heterocycles. The van der Waals surface area contributed by atoms with Crippen LogP contribution >= 0.6 is 0 Å². The molecule has 3 heteroatoms. The quantitative estimate of drug-likeness (QED) is 0.657. The molecule has 0 aromatic heterocycles. The summed E-state index contributed by atoms with van der Waals surface area (Å²) in [5.41, 5.74) is 5.71. The third kappa shape index (κ3) is 6.89. The highest BCUT2D eigenvalue weighted by atomic mass is 16.2. The van der Waals surface area contributed by atoms with E-state index >= 15 is 0 Å². The van der Waals surface area contributed by atoms with Crippen LogP contribution in [-0.4, -0.2) is 18.5 Å². The molecule has 1 unspecified atom stereocenters. The smallest absolute Gasteiger partial charge is 0.236 e. The van der Waals surface area contributed by atoms with Crippen LogP contribution in [0.3, 0.4) is 0 Å². The molecule has 0 aromatic rings. The third-order valence-electron chi connectivity index (χ3n) is 2.23. The van der Waals surface area contributed by atoms with Crippen molar-refractivity contribution in [2.75, 3.05) is 6.54 Å². The van der Waals surface area contributed by atoms with Crippen molar-refractivity contribution < 1.29 is 4.79 Å². The molecular formula is C11H24N2O. The molecule has 0 rings (SSSR count). The van der Waals surface area contributed by atoms with Gasteiger partial charge in [-0.2, -0.15) is 0 Å². The lowest BCUT2D eigenvalue weighted by Gasteiger charge is -2.12. The van der Waals surface area contributed by atoms with Crippen molar-refractivity contribution in [2.24, 2.45) is 11.7 Å². The van der Waals surface area contributed by atoms with Crippen LogP contribution in [0.25, 0.3) is 0 Å². The minimum absolute atomic E-state index is 0.000833. The summed E-state index contributed by atoms with van der Waals surface area (Å²) >= 11 is 0. The normalized spacial score (nSPS) is 12.9. The highest BCUT2D eigenvalue weighted by Crippen LogP contribution is 1.99. The first-order valence-electron chi connectivity index (χ1n) is 5.61. The minimum atomic E-state index is -0.317. The zero-order chi connectivity index (χ0) is 11.0. The van der Waals surface area contributed by atoms with Crippen molar-refractivity contribution in [1.29, 1.82) is 0 Å². The van der Waals surface area contributed by atoms with Crippen LogP contribution in [0.5, 0.6) is 0 Å². The Kier molecular flexibility index (Phi) is 7.48. The first-order chi connectivity index (χ1) is 6.57. The summed E-state index contributed by atoms with van der Waals surface area (Å²) in [5.74, 6) is 0.626. The van der Waals surface area contributed by atoms with E-state index in [1.54, 1.807) is 0 Å². The summed E-state index contributed by atoms with van der Waals surface area (Å²) < 4.78 is 0. The number of unbranched alkanes of at least 4 members (excludes halogenated alkanes) is 1. The van der Waals surface area contributed by atoms with E-state index in [4.69, 9.17) is 5.73 Å². The minimum Gasteiger partial charge on any atom is -0.355 e. The van der Waals surface area contributed by atoms with Crippen molar-refractivity contribution in [3.8, 4) is 0 Å². The molecule has 0 saturated carbocycles. The molecule has 0 aliphatic carbocycles. The molecule has 0 heterocycles. The molecule has 0 aliphatic heterocycles. The number of nitrogens with two attached hydrogens (primary N) is 1. The first kappa shape index (κ1) is 13.4. The fraction of sp³-hybridized carbons (Fsp3) is 0.909. The van der Waals surface area contributed by atoms with E-state index in [-0.39, 0.29) is 11.9 Å².